The number of aromatic nitrogens is 4. The zero-order chi connectivity index (χ0) is 43.3. The average molecular weight is 861 g/mol. The average Bonchev–Trinajstić information content (AvgIpc) is 3.89. The van der Waals surface area contributed by atoms with Gasteiger partial charge >= 0.3 is 0 Å². The van der Waals surface area contributed by atoms with Gasteiger partial charge in [-0.15, -0.1) is 0 Å². The van der Waals surface area contributed by atoms with Crippen LogP contribution in [0.4, 0.5) is 0 Å². The molecule has 3 fully saturated rings. The summed E-state index contributed by atoms with van der Waals surface area (Å²) in [4.78, 5) is 4.91. The molecule has 3 aliphatic rings. The molecule has 3 aromatic heterocycles. The molecular weight excluding hydrogens is 797 g/mol. The first-order valence-corrected chi connectivity index (χ1v) is 26.9. The summed E-state index contributed by atoms with van der Waals surface area (Å²) in [5.74, 6) is 2.50. The fourth-order valence-electron chi connectivity index (χ4n) is 13.0. The van der Waals surface area contributed by atoms with Crippen molar-refractivity contribution in [2.45, 2.75) is 139 Å². The van der Waals surface area contributed by atoms with Gasteiger partial charge in [0, 0.05) is 23.0 Å². The molecule has 64 heavy (non-hydrogen) atoms. The molecule has 0 radical (unpaired) electrons. The van der Waals surface area contributed by atoms with Crippen molar-refractivity contribution >= 4 is 46.1 Å². The number of hydrogen-bond acceptors (Lipinski definition) is 2. The van der Waals surface area contributed by atoms with Crippen LogP contribution in [0, 0.1) is 6.33 Å². The molecule has 5 nitrogen and oxygen atoms in total. The van der Waals surface area contributed by atoms with Gasteiger partial charge in [0.2, 0.25) is 0 Å². The van der Waals surface area contributed by atoms with Crippen LogP contribution in [0.25, 0.3) is 50.0 Å². The lowest BCUT2D eigenvalue weighted by Gasteiger charge is -2.54. The Hall–Kier alpha value is -5.46. The van der Waals surface area contributed by atoms with Crippen molar-refractivity contribution in [2.75, 3.05) is 0 Å². The topological polar surface area (TPSA) is 35.9 Å². The van der Waals surface area contributed by atoms with Gasteiger partial charge in [0.1, 0.15) is 17.3 Å². The largest absolute Gasteiger partial charge is 0.458 e. The number of rotatable bonds is 9. The summed E-state index contributed by atoms with van der Waals surface area (Å²) in [6.45, 7) is 6.77. The van der Waals surface area contributed by atoms with Gasteiger partial charge in [0.15, 0.2) is 0 Å². The predicted molar refractivity (Wildman–Crippen MR) is 267 cm³/mol. The zero-order valence-electron chi connectivity index (χ0n) is 38.2. The first kappa shape index (κ1) is 41.3. The van der Waals surface area contributed by atoms with E-state index in [-0.39, 0.29) is 5.41 Å². The van der Waals surface area contributed by atoms with E-state index in [1.54, 1.807) is 5.19 Å². The van der Waals surface area contributed by atoms with Gasteiger partial charge in [-0.1, -0.05) is 184 Å². The SMILES string of the molecule is CC(C)(C)c1ccnc(-n2c3ccccc3c3ccc(Oc4cccc(-n5[c-][n+](-c6ccccc6[Si](C6CCCCC6)(C6CCCCC6)C6CCCCC6)c6ccccc65)c4)cc32)c1. The van der Waals surface area contributed by atoms with E-state index in [1.165, 1.54) is 124 Å². The molecule has 0 bridgehead atoms. The Morgan fingerprint density at radius 1 is 0.578 bits per heavy atom. The molecule has 3 heterocycles. The highest BCUT2D eigenvalue weighted by Gasteiger charge is 2.54. The Morgan fingerprint density at radius 3 is 1.89 bits per heavy atom. The first-order chi connectivity index (χ1) is 31.4. The lowest BCUT2D eigenvalue weighted by molar-refractivity contribution is -0.571. The van der Waals surface area contributed by atoms with Crippen LogP contribution < -0.4 is 14.5 Å². The number of imidazole rings is 1. The number of pyridine rings is 1. The van der Waals surface area contributed by atoms with Crippen LogP contribution in [0.5, 0.6) is 11.5 Å². The number of hydrogen-bond donors (Lipinski definition) is 0. The van der Waals surface area contributed by atoms with Crippen LogP contribution in [-0.4, -0.2) is 22.2 Å². The van der Waals surface area contributed by atoms with E-state index in [9.17, 15) is 0 Å². The molecule has 8 aromatic rings. The maximum atomic E-state index is 6.82. The molecule has 0 amide bonds. The van der Waals surface area contributed by atoms with Gasteiger partial charge in [0.25, 0.3) is 6.33 Å². The number of nitrogens with zero attached hydrogens (tertiary/aromatic N) is 4. The molecule has 11 rings (SSSR count). The number of para-hydroxylation sites is 4. The quantitative estimate of drug-likeness (QED) is 0.0823. The highest BCUT2D eigenvalue weighted by Crippen LogP contribution is 2.57. The molecule has 0 aliphatic heterocycles. The van der Waals surface area contributed by atoms with Crippen molar-refractivity contribution in [3.05, 3.63) is 145 Å². The maximum absolute atomic E-state index is 6.82. The van der Waals surface area contributed by atoms with E-state index < -0.39 is 8.07 Å². The molecule has 0 saturated heterocycles. The highest BCUT2D eigenvalue weighted by atomic mass is 28.3. The molecule has 326 valence electrons. The van der Waals surface area contributed by atoms with Gasteiger partial charge in [-0.3, -0.25) is 13.7 Å². The summed E-state index contributed by atoms with van der Waals surface area (Å²) in [5.41, 5.74) is 10.9. The van der Waals surface area contributed by atoms with Crippen LogP contribution in [0.2, 0.25) is 16.6 Å². The Bertz CT molecular complexity index is 2890. The molecule has 6 heteroatoms. The van der Waals surface area contributed by atoms with E-state index >= 15 is 0 Å². The number of benzene rings is 5. The van der Waals surface area contributed by atoms with Crippen LogP contribution in [0.3, 0.4) is 0 Å². The van der Waals surface area contributed by atoms with Crippen LogP contribution >= 0.6 is 0 Å². The monoisotopic (exact) mass is 860 g/mol. The van der Waals surface area contributed by atoms with Crippen molar-refractivity contribution in [3.63, 3.8) is 0 Å². The van der Waals surface area contributed by atoms with E-state index in [4.69, 9.17) is 9.72 Å². The lowest BCUT2D eigenvalue weighted by Crippen LogP contribution is -2.62. The van der Waals surface area contributed by atoms with Gasteiger partial charge in [-0.25, -0.2) is 4.98 Å². The van der Waals surface area contributed by atoms with E-state index in [1.807, 2.05) is 6.20 Å². The molecule has 0 N–H and O–H groups in total. The lowest BCUT2D eigenvalue weighted by atomic mass is 9.88. The predicted octanol–water partition coefficient (Wildman–Crippen LogP) is 14.9. The maximum Gasteiger partial charge on any atom is 0.269 e. The van der Waals surface area contributed by atoms with Crippen molar-refractivity contribution in [1.29, 1.82) is 0 Å². The van der Waals surface area contributed by atoms with Crippen molar-refractivity contribution in [3.8, 4) is 28.7 Å². The molecule has 5 aromatic carbocycles. The van der Waals surface area contributed by atoms with Crippen molar-refractivity contribution in [2.24, 2.45) is 0 Å². The second-order valence-corrected chi connectivity index (χ2v) is 25.4. The normalized spacial score (nSPS) is 17.4. The Balaban J connectivity index is 1.00. The fraction of sp³-hybridized carbons (Fsp3) is 0.379. The molecule has 0 atom stereocenters. The summed E-state index contributed by atoms with van der Waals surface area (Å²) in [6, 6.07) is 46.8. The highest BCUT2D eigenvalue weighted by molar-refractivity contribution is 6.96. The Morgan fingerprint density at radius 2 is 1.19 bits per heavy atom. The second-order valence-electron chi connectivity index (χ2n) is 20.5. The molecule has 0 unspecified atom stereocenters. The first-order valence-electron chi connectivity index (χ1n) is 24.7. The third kappa shape index (κ3) is 7.30. The molecule has 0 spiro atoms. The van der Waals surface area contributed by atoms with Crippen molar-refractivity contribution < 1.29 is 9.30 Å². The Labute approximate surface area is 381 Å². The van der Waals surface area contributed by atoms with Crippen LogP contribution in [0.15, 0.2) is 134 Å². The molecular formula is C58H64N4OSi. The minimum Gasteiger partial charge on any atom is -0.458 e. The second kappa shape index (κ2) is 17.2. The third-order valence-corrected chi connectivity index (χ3v) is 23.0. The summed E-state index contributed by atoms with van der Waals surface area (Å²) in [7, 11) is -2.05. The van der Waals surface area contributed by atoms with E-state index in [2.05, 4.69) is 168 Å². The summed E-state index contributed by atoms with van der Waals surface area (Å²) >= 11 is 0. The van der Waals surface area contributed by atoms with Gasteiger partial charge < -0.3 is 4.74 Å². The fourth-order valence-corrected chi connectivity index (χ4v) is 21.4. The zero-order valence-corrected chi connectivity index (χ0v) is 39.2. The minimum atomic E-state index is -2.05. The van der Waals surface area contributed by atoms with Crippen LogP contribution in [0.1, 0.15) is 123 Å². The third-order valence-electron chi connectivity index (χ3n) is 15.8. The summed E-state index contributed by atoms with van der Waals surface area (Å²) in [5, 5.41) is 4.13. The van der Waals surface area contributed by atoms with Crippen LogP contribution in [-0.2, 0) is 5.41 Å². The number of ether oxygens (including phenoxy) is 1. The number of fused-ring (bicyclic) bond motifs is 4. The minimum absolute atomic E-state index is 0.00595. The van der Waals surface area contributed by atoms with Gasteiger partial charge in [-0.2, -0.15) is 0 Å². The standard InChI is InChI=1S/C58H64N4OSi/c1-58(2,3)42-36-37-59-57(38-42)62-51-29-14-13-28-49(51)50-35-34-45(40-55(50)62)63-44-21-19-20-43(39-44)60-41-61(53-31-16-15-30-52(53)60)54-32-17-18-33-56(54)64(46-22-7-4-8-23-46,47-24-9-5-10-25-47)48-26-11-6-12-27-48/h13-21,28-40,46-48H,4-12,22-27H2,1-3H3. The van der Waals surface area contributed by atoms with E-state index in [0.29, 0.717) is 0 Å². The summed E-state index contributed by atoms with van der Waals surface area (Å²) in [6.07, 6.45) is 27.3. The van der Waals surface area contributed by atoms with Gasteiger partial charge in [-0.05, 0) is 87.4 Å². The smallest absolute Gasteiger partial charge is 0.269 e. The molecule has 3 saturated carbocycles. The van der Waals surface area contributed by atoms with Gasteiger partial charge in [0.05, 0.1) is 41.5 Å². The summed E-state index contributed by atoms with van der Waals surface area (Å²) < 4.78 is 13.8. The van der Waals surface area contributed by atoms with E-state index in [0.717, 1.165) is 56.2 Å². The van der Waals surface area contributed by atoms with Crippen molar-refractivity contribution in [1.82, 2.24) is 14.1 Å². The molecule has 3 aliphatic carbocycles. The Kier molecular flexibility index (Phi) is 11.1.